The van der Waals surface area contributed by atoms with E-state index < -0.39 is 0 Å². The second-order valence-electron chi connectivity index (χ2n) is 5.57. The van der Waals surface area contributed by atoms with Crippen LogP contribution in [0.5, 0.6) is 0 Å². The molecule has 0 saturated heterocycles. The Balaban J connectivity index is 2.08. The first kappa shape index (κ1) is 14.5. The normalized spacial score (nSPS) is 18.5. The second-order valence-corrected chi connectivity index (χ2v) is 5.57. The summed E-state index contributed by atoms with van der Waals surface area (Å²) in [7, 11) is 2.18. The van der Waals surface area contributed by atoms with Crippen molar-refractivity contribution in [3.8, 4) is 0 Å². The summed E-state index contributed by atoms with van der Waals surface area (Å²) in [4.78, 5) is 6.90. The molecule has 100 valence electrons. The summed E-state index contributed by atoms with van der Waals surface area (Å²) in [6.07, 6.45) is 7.55. The van der Waals surface area contributed by atoms with Crippen LogP contribution in [0.15, 0.2) is 4.99 Å². The summed E-state index contributed by atoms with van der Waals surface area (Å²) >= 11 is 0. The number of aliphatic imine (C=N–C) groups is 1. The minimum Gasteiger partial charge on any atom is -0.387 e. The standard InChI is InChI=1S/C14H29N3/c1-12(2)17(3)11-7-6-10-16-14(15)13-8-4-5-9-13/h12-13H,4-11H2,1-3H3,(H2,15,16). The van der Waals surface area contributed by atoms with Crippen LogP contribution in [0.2, 0.25) is 0 Å². The van der Waals surface area contributed by atoms with E-state index in [2.05, 4.69) is 30.8 Å². The van der Waals surface area contributed by atoms with Gasteiger partial charge in [-0.05, 0) is 53.1 Å². The van der Waals surface area contributed by atoms with Gasteiger partial charge in [-0.15, -0.1) is 0 Å². The number of amidine groups is 1. The topological polar surface area (TPSA) is 41.6 Å². The SMILES string of the molecule is CC(C)N(C)CCCCN=C(N)C1CCCC1. The number of hydrogen-bond donors (Lipinski definition) is 1. The van der Waals surface area contributed by atoms with E-state index in [1.165, 1.54) is 32.1 Å². The molecule has 2 N–H and O–H groups in total. The highest BCUT2D eigenvalue weighted by atomic mass is 15.1. The van der Waals surface area contributed by atoms with Crippen molar-refractivity contribution in [2.75, 3.05) is 20.1 Å². The molecule has 1 fully saturated rings. The minimum atomic E-state index is 0.591. The van der Waals surface area contributed by atoms with Crippen molar-refractivity contribution in [2.24, 2.45) is 16.6 Å². The van der Waals surface area contributed by atoms with Gasteiger partial charge >= 0.3 is 0 Å². The van der Waals surface area contributed by atoms with Gasteiger partial charge in [0, 0.05) is 18.5 Å². The average molecular weight is 239 g/mol. The quantitative estimate of drug-likeness (QED) is 0.421. The van der Waals surface area contributed by atoms with E-state index in [1.54, 1.807) is 0 Å². The van der Waals surface area contributed by atoms with E-state index in [4.69, 9.17) is 5.73 Å². The van der Waals surface area contributed by atoms with Gasteiger partial charge in [-0.3, -0.25) is 4.99 Å². The fourth-order valence-corrected chi connectivity index (χ4v) is 2.29. The molecule has 3 heteroatoms. The maximum atomic E-state index is 6.01. The first-order valence-electron chi connectivity index (χ1n) is 7.11. The highest BCUT2D eigenvalue weighted by molar-refractivity contribution is 5.83. The van der Waals surface area contributed by atoms with Gasteiger partial charge in [0.15, 0.2) is 0 Å². The molecule has 0 atom stereocenters. The van der Waals surface area contributed by atoms with Gasteiger partial charge in [-0.25, -0.2) is 0 Å². The Hall–Kier alpha value is -0.570. The van der Waals surface area contributed by atoms with E-state index in [9.17, 15) is 0 Å². The first-order valence-corrected chi connectivity index (χ1v) is 7.11. The van der Waals surface area contributed by atoms with Crippen LogP contribution in [0.25, 0.3) is 0 Å². The Morgan fingerprint density at radius 1 is 1.29 bits per heavy atom. The number of nitrogens with zero attached hydrogens (tertiary/aromatic N) is 2. The molecule has 0 aliphatic heterocycles. The van der Waals surface area contributed by atoms with Crippen molar-refractivity contribution < 1.29 is 0 Å². The molecular formula is C14H29N3. The van der Waals surface area contributed by atoms with Crippen LogP contribution in [0.4, 0.5) is 0 Å². The molecule has 17 heavy (non-hydrogen) atoms. The zero-order valence-corrected chi connectivity index (χ0v) is 11.8. The van der Waals surface area contributed by atoms with Crippen LogP contribution in [-0.2, 0) is 0 Å². The minimum absolute atomic E-state index is 0.591. The monoisotopic (exact) mass is 239 g/mol. The molecule has 1 saturated carbocycles. The highest BCUT2D eigenvalue weighted by Crippen LogP contribution is 2.24. The molecule has 1 rings (SSSR count). The number of hydrogen-bond acceptors (Lipinski definition) is 2. The zero-order chi connectivity index (χ0) is 12.7. The molecule has 1 aliphatic rings. The molecule has 0 aromatic heterocycles. The van der Waals surface area contributed by atoms with Crippen LogP contribution in [-0.4, -0.2) is 36.9 Å². The molecule has 0 spiro atoms. The largest absolute Gasteiger partial charge is 0.387 e. The summed E-state index contributed by atoms with van der Waals surface area (Å²) in [5, 5.41) is 0. The second kappa shape index (κ2) is 7.70. The number of rotatable bonds is 7. The molecule has 0 unspecified atom stereocenters. The fourth-order valence-electron chi connectivity index (χ4n) is 2.29. The molecule has 0 radical (unpaired) electrons. The summed E-state index contributed by atoms with van der Waals surface area (Å²) in [5.41, 5.74) is 6.01. The summed E-state index contributed by atoms with van der Waals surface area (Å²) in [6, 6.07) is 0.641. The van der Waals surface area contributed by atoms with Crippen molar-refractivity contribution in [3.05, 3.63) is 0 Å². The Morgan fingerprint density at radius 3 is 2.53 bits per heavy atom. The summed E-state index contributed by atoms with van der Waals surface area (Å²) in [5.74, 6) is 1.51. The van der Waals surface area contributed by atoms with Crippen molar-refractivity contribution in [1.82, 2.24) is 4.90 Å². The molecule has 0 aromatic carbocycles. The van der Waals surface area contributed by atoms with E-state index in [1.807, 2.05) is 0 Å². The van der Waals surface area contributed by atoms with Crippen molar-refractivity contribution in [2.45, 2.75) is 58.4 Å². The third-order valence-electron chi connectivity index (χ3n) is 3.87. The third kappa shape index (κ3) is 5.53. The molecule has 0 aromatic rings. The van der Waals surface area contributed by atoms with Gasteiger partial charge in [-0.2, -0.15) is 0 Å². The lowest BCUT2D eigenvalue weighted by molar-refractivity contribution is 0.269. The third-order valence-corrected chi connectivity index (χ3v) is 3.87. The smallest absolute Gasteiger partial charge is 0.0968 e. The van der Waals surface area contributed by atoms with Crippen LogP contribution in [0.1, 0.15) is 52.4 Å². The lowest BCUT2D eigenvalue weighted by Crippen LogP contribution is -2.27. The lowest BCUT2D eigenvalue weighted by Gasteiger charge is -2.20. The maximum Gasteiger partial charge on any atom is 0.0968 e. The lowest BCUT2D eigenvalue weighted by atomic mass is 10.1. The van der Waals surface area contributed by atoms with E-state index in [-0.39, 0.29) is 0 Å². The van der Waals surface area contributed by atoms with Crippen LogP contribution in [0.3, 0.4) is 0 Å². The van der Waals surface area contributed by atoms with E-state index in [0.29, 0.717) is 12.0 Å². The molecular weight excluding hydrogens is 210 g/mol. The van der Waals surface area contributed by atoms with Crippen LogP contribution >= 0.6 is 0 Å². The number of unbranched alkanes of at least 4 members (excludes halogenated alkanes) is 1. The first-order chi connectivity index (χ1) is 8.11. The molecule has 0 heterocycles. The predicted octanol–water partition coefficient (Wildman–Crippen LogP) is 2.65. The van der Waals surface area contributed by atoms with Gasteiger partial charge in [0.05, 0.1) is 5.84 Å². The van der Waals surface area contributed by atoms with Gasteiger partial charge in [0.1, 0.15) is 0 Å². The van der Waals surface area contributed by atoms with Crippen LogP contribution in [0, 0.1) is 5.92 Å². The van der Waals surface area contributed by atoms with Crippen molar-refractivity contribution in [3.63, 3.8) is 0 Å². The summed E-state index contributed by atoms with van der Waals surface area (Å²) in [6.45, 7) is 6.54. The molecule has 3 nitrogen and oxygen atoms in total. The number of nitrogens with two attached hydrogens (primary N) is 1. The van der Waals surface area contributed by atoms with Gasteiger partial charge in [-0.1, -0.05) is 12.8 Å². The summed E-state index contributed by atoms with van der Waals surface area (Å²) < 4.78 is 0. The maximum absolute atomic E-state index is 6.01. The zero-order valence-electron chi connectivity index (χ0n) is 11.8. The van der Waals surface area contributed by atoms with Crippen molar-refractivity contribution >= 4 is 5.84 Å². The van der Waals surface area contributed by atoms with Crippen LogP contribution < -0.4 is 5.73 Å². The van der Waals surface area contributed by atoms with Gasteiger partial charge in [0.25, 0.3) is 0 Å². The van der Waals surface area contributed by atoms with E-state index in [0.717, 1.165) is 25.3 Å². The Bertz CT molecular complexity index is 230. The highest BCUT2D eigenvalue weighted by Gasteiger charge is 2.17. The average Bonchev–Trinajstić information content (AvgIpc) is 2.81. The fraction of sp³-hybridized carbons (Fsp3) is 0.929. The predicted molar refractivity (Wildman–Crippen MR) is 75.4 cm³/mol. The van der Waals surface area contributed by atoms with Crippen molar-refractivity contribution in [1.29, 1.82) is 0 Å². The molecule has 0 amide bonds. The molecule has 0 bridgehead atoms. The van der Waals surface area contributed by atoms with E-state index >= 15 is 0 Å². The molecule has 1 aliphatic carbocycles. The van der Waals surface area contributed by atoms with Gasteiger partial charge < -0.3 is 10.6 Å². The van der Waals surface area contributed by atoms with Gasteiger partial charge in [0.2, 0.25) is 0 Å². The Morgan fingerprint density at radius 2 is 1.94 bits per heavy atom. The Labute approximate surface area is 106 Å². The Kier molecular flexibility index (Phi) is 6.56.